The minimum atomic E-state index is -4.07. The van der Waals surface area contributed by atoms with Gasteiger partial charge in [-0.05, 0) is 43.0 Å². The number of nitrogens with zero attached hydrogens (tertiary/aromatic N) is 2. The molecule has 0 aliphatic carbocycles. The summed E-state index contributed by atoms with van der Waals surface area (Å²) >= 11 is 24.7. The van der Waals surface area contributed by atoms with E-state index in [9.17, 15) is 8.42 Å². The lowest BCUT2D eigenvalue weighted by molar-refractivity contribution is 0.415. The summed E-state index contributed by atoms with van der Waals surface area (Å²) in [5.41, 5.74) is 2.06. The fourth-order valence-corrected chi connectivity index (χ4v) is 6.24. The van der Waals surface area contributed by atoms with Crippen LogP contribution in [0, 0.1) is 0 Å². The summed E-state index contributed by atoms with van der Waals surface area (Å²) in [6.45, 7) is 1.20. The molecule has 4 rings (SSSR count). The Balaban J connectivity index is 2.01. The summed E-state index contributed by atoms with van der Waals surface area (Å²) in [6.07, 6.45) is 1.56. The zero-order chi connectivity index (χ0) is 21.8. The van der Waals surface area contributed by atoms with E-state index in [1.54, 1.807) is 31.5 Å². The fourth-order valence-electron chi connectivity index (χ4n) is 3.53. The third kappa shape index (κ3) is 3.60. The number of fused-ring (bicyclic) bond motifs is 1. The third-order valence-electron chi connectivity index (χ3n) is 4.98. The number of ether oxygens (including phenoxy) is 1. The summed E-state index contributed by atoms with van der Waals surface area (Å²) in [5, 5.41) is 1.64. The Morgan fingerprint density at radius 2 is 1.67 bits per heavy atom. The summed E-state index contributed by atoms with van der Waals surface area (Å²) < 4.78 is 33.6. The first kappa shape index (κ1) is 21.8. The number of likely N-dealkylation sites (N-methyl/N-ethyl adjacent to an activating group) is 1. The Labute approximate surface area is 194 Å². The molecule has 1 aromatic heterocycles. The topological polar surface area (TPSA) is 51.5 Å². The van der Waals surface area contributed by atoms with Gasteiger partial charge in [-0.1, -0.05) is 46.4 Å². The molecular formula is C20H16Cl4N2O3S. The molecule has 2 heterocycles. The zero-order valence-electron chi connectivity index (χ0n) is 15.9. The highest BCUT2D eigenvalue weighted by Crippen LogP contribution is 2.39. The number of hydrogen-bond acceptors (Lipinski definition) is 4. The number of hydrogen-bond donors (Lipinski definition) is 0. The molecule has 0 spiro atoms. The molecule has 0 unspecified atom stereocenters. The standard InChI is InChI=1S/C20H16Cl4N2O3S/c1-25-8-14(18(24)10-25)13-9-26(19-4-3-11(29-2)5-12(13)19)30(27,28)20-7-16(22)15(21)6-17(20)23/h3-7,9H,8,10H2,1-2H3. The summed E-state index contributed by atoms with van der Waals surface area (Å²) in [7, 11) is -0.572. The molecule has 2 aromatic carbocycles. The highest BCUT2D eigenvalue weighted by Gasteiger charge is 2.28. The number of halogens is 4. The fraction of sp³-hybridized carbons (Fsp3) is 0.200. The van der Waals surface area contributed by atoms with Gasteiger partial charge < -0.3 is 4.74 Å². The van der Waals surface area contributed by atoms with E-state index in [1.807, 2.05) is 11.9 Å². The normalized spacial score (nSPS) is 15.4. The van der Waals surface area contributed by atoms with Gasteiger partial charge in [-0.15, -0.1) is 0 Å². The van der Waals surface area contributed by atoms with Gasteiger partial charge in [0.05, 0.1) is 27.7 Å². The van der Waals surface area contributed by atoms with Crippen molar-refractivity contribution in [1.82, 2.24) is 8.87 Å². The van der Waals surface area contributed by atoms with Gasteiger partial charge in [0.15, 0.2) is 0 Å². The van der Waals surface area contributed by atoms with Crippen molar-refractivity contribution >= 4 is 72.9 Å². The van der Waals surface area contributed by atoms with E-state index >= 15 is 0 Å². The van der Waals surface area contributed by atoms with Gasteiger partial charge >= 0.3 is 0 Å². The predicted octanol–water partition coefficient (Wildman–Crippen LogP) is 5.74. The van der Waals surface area contributed by atoms with Crippen molar-refractivity contribution in [2.24, 2.45) is 0 Å². The number of methoxy groups -OCH3 is 1. The third-order valence-corrected chi connectivity index (χ3v) is 8.19. The molecule has 0 N–H and O–H groups in total. The van der Waals surface area contributed by atoms with Crippen LogP contribution in [0.15, 0.2) is 46.5 Å². The van der Waals surface area contributed by atoms with Gasteiger partial charge in [0, 0.05) is 35.3 Å². The van der Waals surface area contributed by atoms with E-state index in [0.29, 0.717) is 34.8 Å². The van der Waals surface area contributed by atoms with Gasteiger partial charge in [0.2, 0.25) is 0 Å². The average molecular weight is 506 g/mol. The highest BCUT2D eigenvalue weighted by atomic mass is 35.5. The minimum Gasteiger partial charge on any atom is -0.497 e. The first-order valence-electron chi connectivity index (χ1n) is 8.79. The first-order chi connectivity index (χ1) is 14.1. The van der Waals surface area contributed by atoms with Gasteiger partial charge in [0.1, 0.15) is 10.6 Å². The smallest absolute Gasteiger partial charge is 0.269 e. The highest BCUT2D eigenvalue weighted by molar-refractivity contribution is 7.90. The van der Waals surface area contributed by atoms with Crippen molar-refractivity contribution in [3.63, 3.8) is 0 Å². The van der Waals surface area contributed by atoms with Crippen LogP contribution in [-0.4, -0.2) is 44.5 Å². The maximum absolute atomic E-state index is 13.5. The molecule has 0 amide bonds. The second kappa shape index (κ2) is 7.93. The first-order valence-corrected chi connectivity index (χ1v) is 11.7. The van der Waals surface area contributed by atoms with Crippen LogP contribution < -0.4 is 4.74 Å². The maximum atomic E-state index is 13.5. The lowest BCUT2D eigenvalue weighted by Crippen LogP contribution is -2.14. The van der Waals surface area contributed by atoms with Crippen molar-refractivity contribution in [2.45, 2.75) is 4.90 Å². The molecular weight excluding hydrogens is 490 g/mol. The van der Waals surface area contributed by atoms with Crippen LogP contribution in [0.5, 0.6) is 5.75 Å². The van der Waals surface area contributed by atoms with Crippen LogP contribution in [0.1, 0.15) is 5.56 Å². The van der Waals surface area contributed by atoms with E-state index in [0.717, 1.165) is 11.1 Å². The van der Waals surface area contributed by atoms with Crippen molar-refractivity contribution in [2.75, 3.05) is 27.2 Å². The van der Waals surface area contributed by atoms with E-state index in [1.165, 1.54) is 16.1 Å². The second-order valence-corrected chi connectivity index (χ2v) is 10.4. The molecule has 5 nitrogen and oxygen atoms in total. The van der Waals surface area contributed by atoms with Crippen LogP contribution >= 0.6 is 46.4 Å². The molecule has 10 heteroatoms. The average Bonchev–Trinajstić information content (AvgIpc) is 3.23. The maximum Gasteiger partial charge on any atom is 0.269 e. The molecule has 0 saturated heterocycles. The Hall–Kier alpha value is -1.41. The van der Waals surface area contributed by atoms with Crippen LogP contribution in [0.25, 0.3) is 16.5 Å². The Bertz CT molecular complexity index is 1320. The molecule has 0 radical (unpaired) electrons. The van der Waals surface area contributed by atoms with Crippen molar-refractivity contribution in [3.8, 4) is 5.75 Å². The van der Waals surface area contributed by atoms with Gasteiger partial charge in [-0.2, -0.15) is 0 Å². The summed E-state index contributed by atoms with van der Waals surface area (Å²) in [4.78, 5) is 1.91. The van der Waals surface area contributed by atoms with Crippen LogP contribution in [-0.2, 0) is 10.0 Å². The van der Waals surface area contributed by atoms with E-state index in [4.69, 9.17) is 51.1 Å². The molecule has 3 aromatic rings. The molecule has 1 aliphatic rings. The Morgan fingerprint density at radius 3 is 2.30 bits per heavy atom. The van der Waals surface area contributed by atoms with Crippen LogP contribution in [0.3, 0.4) is 0 Å². The molecule has 158 valence electrons. The Kier molecular flexibility index (Phi) is 5.77. The second-order valence-electron chi connectivity index (χ2n) is 6.98. The number of aromatic nitrogens is 1. The lowest BCUT2D eigenvalue weighted by atomic mass is 10.1. The van der Waals surface area contributed by atoms with E-state index in [-0.39, 0.29) is 20.0 Å². The van der Waals surface area contributed by atoms with E-state index in [2.05, 4.69) is 0 Å². The quantitative estimate of drug-likeness (QED) is 0.424. The van der Waals surface area contributed by atoms with Gasteiger partial charge in [-0.3, -0.25) is 4.90 Å². The zero-order valence-corrected chi connectivity index (χ0v) is 19.8. The summed E-state index contributed by atoms with van der Waals surface area (Å²) in [6, 6.07) is 7.76. The number of benzene rings is 2. The molecule has 0 saturated carbocycles. The van der Waals surface area contributed by atoms with Crippen molar-refractivity contribution in [3.05, 3.63) is 62.2 Å². The SMILES string of the molecule is COc1ccc2c(c1)c(C1=C(Cl)CN(C)C1)cn2S(=O)(=O)c1cc(Cl)c(Cl)cc1Cl. The summed E-state index contributed by atoms with van der Waals surface area (Å²) in [5.74, 6) is 0.606. The largest absolute Gasteiger partial charge is 0.497 e. The van der Waals surface area contributed by atoms with E-state index < -0.39 is 10.0 Å². The van der Waals surface area contributed by atoms with Crippen molar-refractivity contribution in [1.29, 1.82) is 0 Å². The predicted molar refractivity (Wildman–Crippen MR) is 123 cm³/mol. The monoisotopic (exact) mass is 504 g/mol. The lowest BCUT2D eigenvalue weighted by Gasteiger charge is -2.10. The molecule has 1 aliphatic heterocycles. The van der Waals surface area contributed by atoms with Gasteiger partial charge in [0.25, 0.3) is 10.0 Å². The van der Waals surface area contributed by atoms with Crippen LogP contribution in [0.4, 0.5) is 0 Å². The molecule has 0 atom stereocenters. The molecule has 30 heavy (non-hydrogen) atoms. The van der Waals surface area contributed by atoms with Crippen LogP contribution in [0.2, 0.25) is 15.1 Å². The Morgan fingerprint density at radius 1 is 0.967 bits per heavy atom. The number of rotatable bonds is 4. The van der Waals surface area contributed by atoms with Crippen molar-refractivity contribution < 1.29 is 13.2 Å². The van der Waals surface area contributed by atoms with Gasteiger partial charge in [-0.25, -0.2) is 12.4 Å². The minimum absolute atomic E-state index is 0.0147. The molecule has 0 fully saturated rings. The molecule has 0 bridgehead atoms.